The Morgan fingerprint density at radius 1 is 1.39 bits per heavy atom. The standard InChI is InChI=1S/C14H21FO3/c1-10(16)11-5-6-13(12(15)9-11)18-8-7-14(2,3)17-4/h5-6,9-10,16H,7-8H2,1-4H3. The third-order valence-electron chi connectivity index (χ3n) is 2.95. The van der Waals surface area contributed by atoms with Crippen molar-refractivity contribution in [2.45, 2.75) is 38.9 Å². The van der Waals surface area contributed by atoms with E-state index in [0.29, 0.717) is 18.6 Å². The Hall–Kier alpha value is -1.13. The lowest BCUT2D eigenvalue weighted by Crippen LogP contribution is -2.25. The number of benzene rings is 1. The van der Waals surface area contributed by atoms with E-state index in [9.17, 15) is 9.50 Å². The van der Waals surface area contributed by atoms with Crippen LogP contribution in [0.1, 0.15) is 38.9 Å². The van der Waals surface area contributed by atoms with Crippen molar-refractivity contribution in [2.75, 3.05) is 13.7 Å². The molecule has 102 valence electrons. The van der Waals surface area contributed by atoms with Crippen LogP contribution >= 0.6 is 0 Å². The molecule has 3 nitrogen and oxygen atoms in total. The lowest BCUT2D eigenvalue weighted by molar-refractivity contribution is 0.00513. The second-order valence-corrected chi connectivity index (χ2v) is 4.93. The maximum atomic E-state index is 13.6. The Morgan fingerprint density at radius 3 is 2.56 bits per heavy atom. The first kappa shape index (κ1) is 14.9. The lowest BCUT2D eigenvalue weighted by atomic mass is 10.1. The van der Waals surface area contributed by atoms with Crippen molar-refractivity contribution in [1.29, 1.82) is 0 Å². The van der Waals surface area contributed by atoms with Crippen LogP contribution in [0.3, 0.4) is 0 Å². The molecule has 1 atom stereocenters. The fraction of sp³-hybridized carbons (Fsp3) is 0.571. The van der Waals surface area contributed by atoms with Crippen molar-refractivity contribution in [3.8, 4) is 5.75 Å². The molecule has 0 aliphatic rings. The molecule has 1 aromatic rings. The van der Waals surface area contributed by atoms with E-state index in [0.717, 1.165) is 0 Å². The smallest absolute Gasteiger partial charge is 0.165 e. The van der Waals surface area contributed by atoms with Gasteiger partial charge in [-0.05, 0) is 38.5 Å². The third kappa shape index (κ3) is 4.27. The zero-order valence-corrected chi connectivity index (χ0v) is 11.4. The highest BCUT2D eigenvalue weighted by atomic mass is 19.1. The summed E-state index contributed by atoms with van der Waals surface area (Å²) < 4.78 is 24.3. The molecule has 0 bridgehead atoms. The minimum atomic E-state index is -0.680. The highest BCUT2D eigenvalue weighted by Gasteiger charge is 2.16. The molecule has 1 aromatic carbocycles. The molecular weight excluding hydrogens is 235 g/mol. The molecular formula is C14H21FO3. The maximum absolute atomic E-state index is 13.6. The molecule has 4 heteroatoms. The predicted molar refractivity (Wildman–Crippen MR) is 68.2 cm³/mol. The first-order chi connectivity index (χ1) is 8.35. The van der Waals surface area contributed by atoms with E-state index >= 15 is 0 Å². The number of aliphatic hydroxyl groups is 1. The average Bonchev–Trinajstić information content (AvgIpc) is 2.31. The molecule has 0 aromatic heterocycles. The van der Waals surface area contributed by atoms with Crippen molar-refractivity contribution in [2.24, 2.45) is 0 Å². The summed E-state index contributed by atoms with van der Waals surface area (Å²) in [6.45, 7) is 5.87. The van der Waals surface area contributed by atoms with Crippen LogP contribution in [0, 0.1) is 5.82 Å². The molecule has 0 spiro atoms. The fourth-order valence-electron chi connectivity index (χ4n) is 1.40. The average molecular weight is 256 g/mol. The highest BCUT2D eigenvalue weighted by molar-refractivity contribution is 5.30. The first-order valence-corrected chi connectivity index (χ1v) is 6.01. The third-order valence-corrected chi connectivity index (χ3v) is 2.95. The first-order valence-electron chi connectivity index (χ1n) is 6.01. The summed E-state index contributed by atoms with van der Waals surface area (Å²) in [7, 11) is 1.64. The lowest BCUT2D eigenvalue weighted by Gasteiger charge is -2.22. The molecule has 1 rings (SSSR count). The quantitative estimate of drug-likeness (QED) is 0.850. The zero-order chi connectivity index (χ0) is 13.8. The SMILES string of the molecule is COC(C)(C)CCOc1ccc(C(C)O)cc1F. The molecule has 0 fully saturated rings. The van der Waals surface area contributed by atoms with Crippen molar-refractivity contribution in [3.05, 3.63) is 29.6 Å². The van der Waals surface area contributed by atoms with Crippen molar-refractivity contribution in [3.63, 3.8) is 0 Å². The summed E-state index contributed by atoms with van der Waals surface area (Å²) in [5.74, 6) is -0.255. The van der Waals surface area contributed by atoms with Crippen molar-refractivity contribution < 1.29 is 19.0 Å². The van der Waals surface area contributed by atoms with Crippen LogP contribution in [0.5, 0.6) is 5.75 Å². The molecule has 0 aliphatic carbocycles. The van der Waals surface area contributed by atoms with Crippen LogP contribution < -0.4 is 4.74 Å². The van der Waals surface area contributed by atoms with Crippen LogP contribution in [0.15, 0.2) is 18.2 Å². The maximum Gasteiger partial charge on any atom is 0.165 e. The number of halogens is 1. The van der Waals surface area contributed by atoms with E-state index in [1.807, 2.05) is 13.8 Å². The second-order valence-electron chi connectivity index (χ2n) is 4.93. The molecule has 0 saturated heterocycles. The second kappa shape index (κ2) is 6.16. The van der Waals surface area contributed by atoms with Gasteiger partial charge in [0.05, 0.1) is 18.3 Å². The van der Waals surface area contributed by atoms with E-state index in [4.69, 9.17) is 9.47 Å². The molecule has 0 heterocycles. The van der Waals surface area contributed by atoms with Gasteiger partial charge < -0.3 is 14.6 Å². The van der Waals surface area contributed by atoms with E-state index in [-0.39, 0.29) is 11.4 Å². The van der Waals surface area contributed by atoms with Crippen molar-refractivity contribution in [1.82, 2.24) is 0 Å². The van der Waals surface area contributed by atoms with E-state index in [2.05, 4.69) is 0 Å². The summed E-state index contributed by atoms with van der Waals surface area (Å²) >= 11 is 0. The van der Waals surface area contributed by atoms with Gasteiger partial charge in [-0.1, -0.05) is 6.07 Å². The predicted octanol–water partition coefficient (Wildman–Crippen LogP) is 3.07. The van der Waals surface area contributed by atoms with Crippen molar-refractivity contribution >= 4 is 0 Å². The van der Waals surface area contributed by atoms with Gasteiger partial charge in [0.2, 0.25) is 0 Å². The van der Waals surface area contributed by atoms with E-state index < -0.39 is 11.9 Å². The van der Waals surface area contributed by atoms with Gasteiger partial charge in [-0.15, -0.1) is 0 Å². The van der Waals surface area contributed by atoms with Crippen LogP contribution in [-0.4, -0.2) is 24.4 Å². The van der Waals surface area contributed by atoms with Gasteiger partial charge in [0.25, 0.3) is 0 Å². The fourth-order valence-corrected chi connectivity index (χ4v) is 1.40. The van der Waals surface area contributed by atoms with Gasteiger partial charge in [0, 0.05) is 13.5 Å². The minimum absolute atomic E-state index is 0.200. The molecule has 1 unspecified atom stereocenters. The summed E-state index contributed by atoms with van der Waals surface area (Å²) in [6, 6.07) is 4.49. The van der Waals surface area contributed by atoms with Gasteiger partial charge in [-0.25, -0.2) is 4.39 Å². The summed E-state index contributed by atoms with van der Waals surface area (Å²) in [6.07, 6.45) is -0.0119. The van der Waals surface area contributed by atoms with Gasteiger partial charge in [0.15, 0.2) is 11.6 Å². The van der Waals surface area contributed by atoms with Crippen LogP contribution in [-0.2, 0) is 4.74 Å². The summed E-state index contributed by atoms with van der Waals surface area (Å²) in [5, 5.41) is 9.33. The van der Waals surface area contributed by atoms with Crippen LogP contribution in [0.2, 0.25) is 0 Å². The number of aliphatic hydroxyl groups excluding tert-OH is 1. The normalized spacial score (nSPS) is 13.4. The topological polar surface area (TPSA) is 38.7 Å². The Bertz CT molecular complexity index is 389. The number of ether oxygens (including phenoxy) is 2. The van der Waals surface area contributed by atoms with Gasteiger partial charge in [-0.2, -0.15) is 0 Å². The van der Waals surface area contributed by atoms with Gasteiger partial charge in [0.1, 0.15) is 0 Å². The van der Waals surface area contributed by atoms with E-state index in [1.165, 1.54) is 12.1 Å². The van der Waals surface area contributed by atoms with E-state index in [1.54, 1.807) is 20.1 Å². The largest absolute Gasteiger partial charge is 0.490 e. The Balaban J connectivity index is 2.58. The highest BCUT2D eigenvalue weighted by Crippen LogP contribution is 2.23. The van der Waals surface area contributed by atoms with Crippen LogP contribution in [0.25, 0.3) is 0 Å². The number of hydrogen-bond acceptors (Lipinski definition) is 3. The number of rotatable bonds is 6. The van der Waals surface area contributed by atoms with Gasteiger partial charge in [-0.3, -0.25) is 0 Å². The summed E-state index contributed by atoms with van der Waals surface area (Å²) in [4.78, 5) is 0. The molecule has 18 heavy (non-hydrogen) atoms. The monoisotopic (exact) mass is 256 g/mol. The zero-order valence-electron chi connectivity index (χ0n) is 11.4. The number of hydrogen-bond donors (Lipinski definition) is 1. The Labute approximate surface area is 108 Å². The Kier molecular flexibility index (Phi) is 5.11. The minimum Gasteiger partial charge on any atom is -0.490 e. The van der Waals surface area contributed by atoms with Crippen LogP contribution in [0.4, 0.5) is 4.39 Å². The molecule has 0 aliphatic heterocycles. The molecule has 0 amide bonds. The molecule has 1 N–H and O–H groups in total. The molecule has 0 radical (unpaired) electrons. The molecule has 0 saturated carbocycles. The number of methoxy groups -OCH3 is 1. The Morgan fingerprint density at radius 2 is 2.06 bits per heavy atom. The van der Waals surface area contributed by atoms with Gasteiger partial charge >= 0.3 is 0 Å². The summed E-state index contributed by atoms with van der Waals surface area (Å²) in [5.41, 5.74) is 0.257.